The second-order valence-corrected chi connectivity index (χ2v) is 9.22. The summed E-state index contributed by atoms with van der Waals surface area (Å²) in [7, 11) is 1.71. The second-order valence-electron chi connectivity index (χ2n) is 9.22. The maximum absolute atomic E-state index is 12.6. The highest BCUT2D eigenvalue weighted by Gasteiger charge is 2.40. The van der Waals surface area contributed by atoms with Gasteiger partial charge >= 0.3 is 0 Å². The summed E-state index contributed by atoms with van der Waals surface area (Å²) in [6.45, 7) is 6.85. The van der Waals surface area contributed by atoms with Crippen LogP contribution in [0, 0.1) is 19.3 Å². The molecule has 0 bridgehead atoms. The van der Waals surface area contributed by atoms with E-state index < -0.39 is 5.41 Å². The molecule has 1 aliphatic rings. The number of amides is 1. The van der Waals surface area contributed by atoms with Gasteiger partial charge in [-0.05, 0) is 91.7 Å². The molecule has 1 amide bonds. The molecular weight excluding hydrogens is 410 g/mol. The number of carbonyl (C=O) groups excluding carboxylic acids is 1. The Morgan fingerprint density at radius 2 is 1.82 bits per heavy atom. The van der Waals surface area contributed by atoms with Crippen LogP contribution in [0.25, 0.3) is 11.1 Å². The van der Waals surface area contributed by atoms with Gasteiger partial charge in [-0.25, -0.2) is 0 Å². The molecule has 1 aliphatic heterocycles. The standard InChI is InChI=1S/C28H33N3O2/c1-20-21(2)26(33-3)10-9-25(20)19-31-14-11-28(12-15-31,27(29)32)17-22-6-4-7-23(16-22)24-8-5-13-30-18-24/h4-10,13,16,18H,11-12,14-15,17,19H2,1-3H3,(H2,29,32). The minimum atomic E-state index is -0.505. The lowest BCUT2D eigenvalue weighted by Gasteiger charge is -2.40. The van der Waals surface area contributed by atoms with Gasteiger partial charge in [0.1, 0.15) is 5.75 Å². The molecule has 4 rings (SSSR count). The summed E-state index contributed by atoms with van der Waals surface area (Å²) in [5.41, 5.74) is 12.6. The molecule has 5 heteroatoms. The number of likely N-dealkylation sites (tertiary alicyclic amines) is 1. The van der Waals surface area contributed by atoms with E-state index in [9.17, 15) is 4.79 Å². The van der Waals surface area contributed by atoms with Gasteiger partial charge in [-0.15, -0.1) is 0 Å². The van der Waals surface area contributed by atoms with Crippen LogP contribution < -0.4 is 10.5 Å². The minimum Gasteiger partial charge on any atom is -0.496 e. The molecule has 5 nitrogen and oxygen atoms in total. The number of rotatable bonds is 7. The van der Waals surface area contributed by atoms with Crippen molar-refractivity contribution < 1.29 is 9.53 Å². The Bertz CT molecular complexity index is 1120. The van der Waals surface area contributed by atoms with Crippen molar-refractivity contribution in [3.63, 3.8) is 0 Å². The predicted octanol–water partition coefficient (Wildman–Crippen LogP) is 4.68. The monoisotopic (exact) mass is 443 g/mol. The number of aromatic nitrogens is 1. The van der Waals surface area contributed by atoms with Crippen molar-refractivity contribution >= 4 is 5.91 Å². The minimum absolute atomic E-state index is 0.189. The van der Waals surface area contributed by atoms with Crippen molar-refractivity contribution in [2.24, 2.45) is 11.1 Å². The van der Waals surface area contributed by atoms with E-state index in [0.29, 0.717) is 6.42 Å². The third-order valence-corrected chi connectivity index (χ3v) is 7.26. The van der Waals surface area contributed by atoms with E-state index in [0.717, 1.165) is 54.9 Å². The number of nitrogens with two attached hydrogens (primary N) is 1. The molecule has 2 N–H and O–H groups in total. The zero-order valence-electron chi connectivity index (χ0n) is 19.8. The van der Waals surface area contributed by atoms with Gasteiger partial charge in [-0.3, -0.25) is 14.7 Å². The number of ether oxygens (including phenoxy) is 1. The molecule has 1 aromatic heterocycles. The lowest BCUT2D eigenvalue weighted by atomic mass is 9.73. The second kappa shape index (κ2) is 9.75. The summed E-state index contributed by atoms with van der Waals surface area (Å²) in [5, 5.41) is 0. The molecule has 3 aromatic rings. The fourth-order valence-corrected chi connectivity index (χ4v) is 4.92. The first-order valence-electron chi connectivity index (χ1n) is 11.6. The highest BCUT2D eigenvalue weighted by Crippen LogP contribution is 2.37. The quantitative estimate of drug-likeness (QED) is 0.575. The fraction of sp³-hybridized carbons (Fsp3) is 0.357. The molecular formula is C28H33N3O2. The Hall–Kier alpha value is -3.18. The summed E-state index contributed by atoms with van der Waals surface area (Å²) in [4.78, 5) is 19.3. The number of primary amides is 1. The Morgan fingerprint density at radius 1 is 1.06 bits per heavy atom. The van der Waals surface area contributed by atoms with Crippen LogP contribution >= 0.6 is 0 Å². The summed E-state index contributed by atoms with van der Waals surface area (Å²) >= 11 is 0. The first-order chi connectivity index (χ1) is 15.9. The number of nitrogens with zero attached hydrogens (tertiary/aromatic N) is 2. The molecule has 172 valence electrons. The summed E-state index contributed by atoms with van der Waals surface area (Å²) in [6, 6.07) is 16.6. The van der Waals surface area contributed by atoms with E-state index in [2.05, 4.69) is 60.1 Å². The molecule has 0 spiro atoms. The van der Waals surface area contributed by atoms with Gasteiger partial charge in [0.15, 0.2) is 0 Å². The van der Waals surface area contributed by atoms with Crippen molar-refractivity contribution in [1.82, 2.24) is 9.88 Å². The van der Waals surface area contributed by atoms with Crippen molar-refractivity contribution in [2.75, 3.05) is 20.2 Å². The molecule has 0 atom stereocenters. The van der Waals surface area contributed by atoms with Gasteiger partial charge in [0.2, 0.25) is 5.91 Å². The first-order valence-corrected chi connectivity index (χ1v) is 11.6. The van der Waals surface area contributed by atoms with Gasteiger partial charge < -0.3 is 10.5 Å². The topological polar surface area (TPSA) is 68.4 Å². The number of methoxy groups -OCH3 is 1. The average Bonchev–Trinajstić information content (AvgIpc) is 2.84. The molecule has 0 radical (unpaired) electrons. The number of pyridine rings is 1. The zero-order valence-corrected chi connectivity index (χ0v) is 19.8. The number of benzene rings is 2. The molecule has 33 heavy (non-hydrogen) atoms. The Morgan fingerprint density at radius 3 is 2.48 bits per heavy atom. The van der Waals surface area contributed by atoms with E-state index in [1.165, 1.54) is 16.7 Å². The molecule has 2 aromatic carbocycles. The van der Waals surface area contributed by atoms with E-state index in [4.69, 9.17) is 10.5 Å². The van der Waals surface area contributed by atoms with Crippen LogP contribution in [-0.2, 0) is 17.8 Å². The summed E-state index contributed by atoms with van der Waals surface area (Å²) in [5.74, 6) is 0.738. The zero-order chi connectivity index (χ0) is 23.4. The van der Waals surface area contributed by atoms with Gasteiger partial charge in [-0.1, -0.05) is 36.4 Å². The average molecular weight is 444 g/mol. The van der Waals surface area contributed by atoms with E-state index in [1.807, 2.05) is 18.3 Å². The molecule has 0 aliphatic carbocycles. The maximum Gasteiger partial charge on any atom is 0.224 e. The molecule has 2 heterocycles. The van der Waals surface area contributed by atoms with Crippen LogP contribution in [0.2, 0.25) is 0 Å². The number of carbonyl (C=O) groups is 1. The molecule has 1 saturated heterocycles. The van der Waals surface area contributed by atoms with Crippen molar-refractivity contribution in [2.45, 2.75) is 39.7 Å². The van der Waals surface area contributed by atoms with Gasteiger partial charge in [0.05, 0.1) is 12.5 Å². The van der Waals surface area contributed by atoms with Crippen LogP contribution in [-0.4, -0.2) is 36.0 Å². The maximum atomic E-state index is 12.6. The SMILES string of the molecule is COc1ccc(CN2CCC(Cc3cccc(-c4cccnc4)c3)(C(N)=O)CC2)c(C)c1C. The number of hydrogen-bond acceptors (Lipinski definition) is 4. The van der Waals surface area contributed by atoms with Gasteiger partial charge in [-0.2, -0.15) is 0 Å². The first kappa shape index (κ1) is 23.0. The fourth-order valence-electron chi connectivity index (χ4n) is 4.92. The van der Waals surface area contributed by atoms with Crippen molar-refractivity contribution in [3.05, 3.63) is 83.2 Å². The van der Waals surface area contributed by atoms with Crippen LogP contribution in [0.3, 0.4) is 0 Å². The van der Waals surface area contributed by atoms with E-state index in [1.54, 1.807) is 13.3 Å². The van der Waals surface area contributed by atoms with Crippen LogP contribution in [0.5, 0.6) is 5.75 Å². The third-order valence-electron chi connectivity index (χ3n) is 7.26. The summed E-state index contributed by atoms with van der Waals surface area (Å²) < 4.78 is 5.45. The number of hydrogen-bond donors (Lipinski definition) is 1. The molecule has 0 unspecified atom stereocenters. The molecule has 0 saturated carbocycles. The Kier molecular flexibility index (Phi) is 6.80. The lowest BCUT2D eigenvalue weighted by Crippen LogP contribution is -2.48. The predicted molar refractivity (Wildman–Crippen MR) is 132 cm³/mol. The number of piperidine rings is 1. The van der Waals surface area contributed by atoms with Crippen molar-refractivity contribution in [1.29, 1.82) is 0 Å². The Balaban J connectivity index is 1.47. The van der Waals surface area contributed by atoms with Crippen LogP contribution in [0.15, 0.2) is 60.9 Å². The van der Waals surface area contributed by atoms with Crippen LogP contribution in [0.4, 0.5) is 0 Å². The van der Waals surface area contributed by atoms with Crippen LogP contribution in [0.1, 0.15) is 35.1 Å². The van der Waals surface area contributed by atoms with Crippen molar-refractivity contribution in [3.8, 4) is 16.9 Å². The smallest absolute Gasteiger partial charge is 0.224 e. The molecule has 1 fully saturated rings. The van der Waals surface area contributed by atoms with Gasteiger partial charge in [0.25, 0.3) is 0 Å². The van der Waals surface area contributed by atoms with Gasteiger partial charge in [0, 0.05) is 18.9 Å². The third kappa shape index (κ3) is 4.93. The highest BCUT2D eigenvalue weighted by atomic mass is 16.5. The van der Waals surface area contributed by atoms with E-state index >= 15 is 0 Å². The largest absolute Gasteiger partial charge is 0.496 e. The van der Waals surface area contributed by atoms with E-state index in [-0.39, 0.29) is 5.91 Å². The summed E-state index contributed by atoms with van der Waals surface area (Å²) in [6.07, 6.45) is 5.86. The Labute approximate surface area is 196 Å². The lowest BCUT2D eigenvalue weighted by molar-refractivity contribution is -0.130. The highest BCUT2D eigenvalue weighted by molar-refractivity contribution is 5.81. The normalized spacial score (nSPS) is 15.8.